The van der Waals surface area contributed by atoms with Crippen LogP contribution in [0.4, 0.5) is 5.69 Å². The number of amides is 1. The zero-order valence-electron chi connectivity index (χ0n) is 18.8. The number of carbonyl (C=O) groups is 1. The van der Waals surface area contributed by atoms with Crippen molar-refractivity contribution in [2.45, 2.75) is 18.9 Å². The van der Waals surface area contributed by atoms with E-state index in [2.05, 4.69) is 10.2 Å². The Kier molecular flexibility index (Phi) is 7.14. The summed E-state index contributed by atoms with van der Waals surface area (Å²) in [5.74, 6) is 2.07. The number of fused-ring (bicyclic) bond motifs is 4. The molecule has 2 aliphatic heterocycles. The van der Waals surface area contributed by atoms with E-state index < -0.39 is 0 Å². The average Bonchev–Trinajstić information content (AvgIpc) is 2.82. The highest BCUT2D eigenvalue weighted by Gasteiger charge is 2.35. The summed E-state index contributed by atoms with van der Waals surface area (Å²) in [5.41, 5.74) is 1.70. The van der Waals surface area contributed by atoms with Gasteiger partial charge in [-0.1, -0.05) is 30.0 Å². The van der Waals surface area contributed by atoms with Crippen LogP contribution in [0.3, 0.4) is 0 Å². The predicted octanol–water partition coefficient (Wildman–Crippen LogP) is 2.95. The lowest BCUT2D eigenvalue weighted by atomic mass is 9.83. The van der Waals surface area contributed by atoms with Gasteiger partial charge in [0.25, 0.3) is 5.56 Å². The summed E-state index contributed by atoms with van der Waals surface area (Å²) in [6.45, 7) is 2.29. The van der Waals surface area contributed by atoms with E-state index in [4.69, 9.17) is 26.4 Å². The molecule has 2 aliphatic rings. The first kappa shape index (κ1) is 23.4. The number of hydrogen-bond donors (Lipinski definition) is 1. The number of likely N-dealkylation sites (tertiary alicyclic amines) is 1. The molecule has 33 heavy (non-hydrogen) atoms. The zero-order valence-corrected chi connectivity index (χ0v) is 20.5. The quantitative estimate of drug-likeness (QED) is 0.621. The molecule has 0 unspecified atom stereocenters. The fourth-order valence-electron chi connectivity index (χ4n) is 4.61. The standard InChI is InChI=1S/C23H27N3O5S2/c1-29-18-8-16(9-19(30-2)22(18)31-3)24-20(27)13-33-23(32)25-10-14-7-15(12-25)17-5-4-6-21(28)26(17)11-14/h4-6,8-9,14-15H,7,10-13H2,1-3H3,(H,24,27)/t14-,15+/m1/s1. The van der Waals surface area contributed by atoms with Gasteiger partial charge in [-0.3, -0.25) is 9.59 Å². The number of thiocarbonyl (C=S) groups is 1. The molecular weight excluding hydrogens is 462 g/mol. The molecular formula is C23H27N3O5S2. The summed E-state index contributed by atoms with van der Waals surface area (Å²) in [5, 5.41) is 2.87. The molecule has 1 N–H and O–H groups in total. The normalized spacial score (nSPS) is 18.8. The molecule has 176 valence electrons. The van der Waals surface area contributed by atoms with Crippen molar-refractivity contribution in [3.63, 3.8) is 0 Å². The molecule has 0 spiro atoms. The molecule has 4 rings (SSSR count). The molecule has 8 nitrogen and oxygen atoms in total. The maximum atomic E-state index is 12.6. The van der Waals surface area contributed by atoms with E-state index in [0.29, 0.717) is 33.2 Å². The fourth-order valence-corrected chi connectivity index (χ4v) is 5.60. The number of methoxy groups -OCH3 is 3. The molecule has 0 radical (unpaired) electrons. The van der Waals surface area contributed by atoms with Crippen LogP contribution in [0.5, 0.6) is 17.2 Å². The topological polar surface area (TPSA) is 82.0 Å². The van der Waals surface area contributed by atoms with Crippen molar-refractivity contribution in [1.82, 2.24) is 9.47 Å². The second kappa shape index (κ2) is 10.0. The Bertz CT molecular complexity index is 1090. The van der Waals surface area contributed by atoms with Crippen molar-refractivity contribution in [3.05, 3.63) is 46.4 Å². The Hall–Kier alpha value is -2.72. The van der Waals surface area contributed by atoms with E-state index in [-0.39, 0.29) is 23.1 Å². The van der Waals surface area contributed by atoms with Gasteiger partial charge < -0.3 is 29.0 Å². The van der Waals surface area contributed by atoms with Crippen LogP contribution in [0.1, 0.15) is 18.0 Å². The number of hydrogen-bond acceptors (Lipinski definition) is 7. The number of anilines is 1. The van der Waals surface area contributed by atoms with Crippen LogP contribution >= 0.6 is 24.0 Å². The lowest BCUT2D eigenvalue weighted by Gasteiger charge is -2.43. The smallest absolute Gasteiger partial charge is 0.250 e. The third-order valence-corrected chi connectivity index (χ3v) is 7.54. The van der Waals surface area contributed by atoms with Gasteiger partial charge in [0.15, 0.2) is 11.5 Å². The molecule has 2 bridgehead atoms. The SMILES string of the molecule is COc1cc(NC(=O)CSC(=S)N2C[C@H]3C[C@@H](C2)c2cccc(=O)n2C3)cc(OC)c1OC. The first-order valence-electron chi connectivity index (χ1n) is 10.6. The summed E-state index contributed by atoms with van der Waals surface area (Å²) in [7, 11) is 4.59. The van der Waals surface area contributed by atoms with Gasteiger partial charge in [0.05, 0.1) is 27.1 Å². The van der Waals surface area contributed by atoms with Gasteiger partial charge in [-0.25, -0.2) is 0 Å². The molecule has 1 saturated heterocycles. The first-order chi connectivity index (χ1) is 15.9. The molecule has 1 aromatic heterocycles. The molecule has 10 heteroatoms. The van der Waals surface area contributed by atoms with E-state index >= 15 is 0 Å². The second-order valence-corrected chi connectivity index (χ2v) is 9.73. The summed E-state index contributed by atoms with van der Waals surface area (Å²) < 4.78 is 18.6. The number of ether oxygens (including phenoxy) is 3. The Balaban J connectivity index is 1.36. The Labute approximate surface area is 202 Å². The highest BCUT2D eigenvalue weighted by Crippen LogP contribution is 2.40. The van der Waals surface area contributed by atoms with E-state index in [1.807, 2.05) is 16.7 Å². The van der Waals surface area contributed by atoms with Gasteiger partial charge in [0.2, 0.25) is 11.7 Å². The number of rotatable bonds is 6. The van der Waals surface area contributed by atoms with Crippen molar-refractivity contribution < 1.29 is 19.0 Å². The molecule has 2 atom stereocenters. The minimum absolute atomic E-state index is 0.0658. The monoisotopic (exact) mass is 489 g/mol. The van der Waals surface area contributed by atoms with Gasteiger partial charge in [-0.2, -0.15) is 0 Å². The van der Waals surface area contributed by atoms with Crippen molar-refractivity contribution >= 4 is 39.9 Å². The summed E-state index contributed by atoms with van der Waals surface area (Å²) in [6, 6.07) is 8.86. The van der Waals surface area contributed by atoms with Crippen LogP contribution in [0.15, 0.2) is 35.1 Å². The molecule has 0 saturated carbocycles. The molecule has 1 fully saturated rings. The van der Waals surface area contributed by atoms with Crippen LogP contribution < -0.4 is 25.1 Å². The van der Waals surface area contributed by atoms with Gasteiger partial charge >= 0.3 is 0 Å². The number of nitrogens with one attached hydrogen (secondary N) is 1. The van der Waals surface area contributed by atoms with Crippen LogP contribution in [-0.4, -0.2) is 59.9 Å². The van der Waals surface area contributed by atoms with E-state index in [9.17, 15) is 9.59 Å². The molecule has 0 aliphatic carbocycles. The second-order valence-electron chi connectivity index (χ2n) is 8.12. The van der Waals surface area contributed by atoms with Crippen molar-refractivity contribution in [2.75, 3.05) is 45.5 Å². The number of piperidine rings is 1. The zero-order chi connectivity index (χ0) is 23.5. The van der Waals surface area contributed by atoms with Crippen LogP contribution in [0.25, 0.3) is 0 Å². The number of pyridine rings is 1. The maximum Gasteiger partial charge on any atom is 0.250 e. The number of aromatic nitrogens is 1. The number of carbonyl (C=O) groups excluding carboxylic acids is 1. The third-order valence-electron chi connectivity index (χ3n) is 6.01. The fraction of sp³-hybridized carbons (Fsp3) is 0.435. The van der Waals surface area contributed by atoms with E-state index in [0.717, 1.165) is 31.7 Å². The maximum absolute atomic E-state index is 12.6. The van der Waals surface area contributed by atoms with Crippen molar-refractivity contribution in [2.24, 2.45) is 5.92 Å². The highest BCUT2D eigenvalue weighted by molar-refractivity contribution is 8.23. The van der Waals surface area contributed by atoms with Crippen LogP contribution in [0, 0.1) is 5.92 Å². The van der Waals surface area contributed by atoms with Crippen LogP contribution in [-0.2, 0) is 11.3 Å². The molecule has 1 aromatic carbocycles. The largest absolute Gasteiger partial charge is 0.493 e. The highest BCUT2D eigenvalue weighted by atomic mass is 32.2. The average molecular weight is 490 g/mol. The van der Waals surface area contributed by atoms with E-state index in [1.165, 1.54) is 33.1 Å². The molecule has 2 aromatic rings. The van der Waals surface area contributed by atoms with Crippen molar-refractivity contribution in [1.29, 1.82) is 0 Å². The predicted molar refractivity (Wildman–Crippen MR) is 133 cm³/mol. The minimum Gasteiger partial charge on any atom is -0.493 e. The Morgan fingerprint density at radius 3 is 2.52 bits per heavy atom. The van der Waals surface area contributed by atoms with Gasteiger partial charge in [0.1, 0.15) is 4.32 Å². The Morgan fingerprint density at radius 2 is 1.85 bits per heavy atom. The van der Waals surface area contributed by atoms with Crippen molar-refractivity contribution in [3.8, 4) is 17.2 Å². The molecule has 3 heterocycles. The lowest BCUT2D eigenvalue weighted by Crippen LogP contribution is -2.48. The number of thioether (sulfide) groups is 1. The molecule has 1 amide bonds. The van der Waals surface area contributed by atoms with Gasteiger partial charge in [-0.05, 0) is 18.4 Å². The third kappa shape index (κ3) is 4.96. The summed E-state index contributed by atoms with van der Waals surface area (Å²) >= 11 is 7.01. The summed E-state index contributed by atoms with van der Waals surface area (Å²) in [4.78, 5) is 27.0. The lowest BCUT2D eigenvalue weighted by molar-refractivity contribution is -0.113. The minimum atomic E-state index is -0.175. The Morgan fingerprint density at radius 1 is 1.12 bits per heavy atom. The summed E-state index contributed by atoms with van der Waals surface area (Å²) in [6.07, 6.45) is 1.06. The van der Waals surface area contributed by atoms with E-state index in [1.54, 1.807) is 18.2 Å². The number of nitrogens with zero attached hydrogens (tertiary/aromatic N) is 2. The number of benzene rings is 1. The van der Waals surface area contributed by atoms with Gasteiger partial charge in [-0.15, -0.1) is 0 Å². The van der Waals surface area contributed by atoms with Crippen LogP contribution in [0.2, 0.25) is 0 Å². The van der Waals surface area contributed by atoms with Gasteiger partial charge in [0, 0.05) is 55.1 Å². The first-order valence-corrected chi connectivity index (χ1v) is 12.0.